The van der Waals surface area contributed by atoms with Crippen LogP contribution in [0, 0.1) is 0 Å². The number of nitrogens with zero attached hydrogens (tertiary/aromatic N) is 3. The van der Waals surface area contributed by atoms with Crippen LogP contribution in [0.15, 0.2) is 11.1 Å². The predicted octanol–water partition coefficient (Wildman–Crippen LogP) is -5.96. The molecular weight excluding hydrogens is 530 g/mol. The Morgan fingerprint density at radius 3 is 2.45 bits per heavy atom. The van der Waals surface area contributed by atoms with Gasteiger partial charge in [-0.05, 0) is 0 Å². The maximum atomic E-state index is 12.3. The second-order valence-electron chi connectivity index (χ2n) is 6.18. The minimum atomic E-state index is -5.75. The Labute approximate surface area is 204 Å². The number of phosphoric ester groups is 1. The molecule has 1 aliphatic rings. The number of imidazole rings is 1. The van der Waals surface area contributed by atoms with Crippen molar-refractivity contribution < 1.29 is 90.9 Å². The zero-order valence-electron chi connectivity index (χ0n) is 16.3. The van der Waals surface area contributed by atoms with Crippen LogP contribution in [0.25, 0.3) is 11.2 Å². The molecule has 0 aromatic carbocycles. The molecule has 8 N–H and O–H groups in total. The first-order valence-corrected chi connectivity index (χ1v) is 12.6. The Bertz CT molecular complexity index is 1210. The number of anilines is 1. The standard InChI is InChI=1S/C10H15N5O14P3.Na/c11-10-13-7-4(8(18)14-10)12-2-15(7)9-6(17)5(16)3(27-9)1-26-31(22,23)29-32(24,25)28-30(19,20)21;/h2-3,5-6,9,17H,1H2,(H,22,23)(H,24,25)(H2,19,20,21)(H3,11,13,14,18);/q-1;+1/t3-,5-,6-,9?;/m1./s1. The molecule has 2 aromatic rings. The maximum Gasteiger partial charge on any atom is 1.00 e. The quantitative estimate of drug-likeness (QED) is 0.120. The number of nitrogens with one attached hydrogen (secondary N) is 1. The van der Waals surface area contributed by atoms with Crippen LogP contribution in [0.5, 0.6) is 0 Å². The van der Waals surface area contributed by atoms with E-state index in [1.54, 1.807) is 0 Å². The number of ether oxygens (including phenoxy) is 1. The number of aromatic amines is 1. The summed E-state index contributed by atoms with van der Waals surface area (Å²) in [5, 5.41) is 22.5. The monoisotopic (exact) mass is 545 g/mol. The number of hydrogen-bond acceptors (Lipinski definition) is 13. The van der Waals surface area contributed by atoms with Gasteiger partial charge < -0.3 is 40.3 Å². The molecular formula is C10H15N5NaO14P3. The molecule has 180 valence electrons. The second kappa shape index (κ2) is 10.2. The van der Waals surface area contributed by atoms with Gasteiger partial charge in [-0.1, -0.05) is 6.10 Å². The van der Waals surface area contributed by atoms with Gasteiger partial charge in [-0.2, -0.15) is 13.6 Å². The van der Waals surface area contributed by atoms with Gasteiger partial charge in [0.05, 0.1) is 25.1 Å². The minimum Gasteiger partial charge on any atom is -0.848 e. The third-order valence-corrected chi connectivity index (χ3v) is 7.65. The first kappa shape index (κ1) is 28.7. The Hall–Kier alpha value is -0.560. The van der Waals surface area contributed by atoms with Gasteiger partial charge in [0.25, 0.3) is 5.56 Å². The van der Waals surface area contributed by atoms with Crippen molar-refractivity contribution in [3.63, 3.8) is 0 Å². The number of nitrogens with two attached hydrogens (primary N) is 1. The predicted molar refractivity (Wildman–Crippen MR) is 96.1 cm³/mol. The Morgan fingerprint density at radius 1 is 1.21 bits per heavy atom. The van der Waals surface area contributed by atoms with Gasteiger partial charge in [-0.25, -0.2) is 18.7 Å². The fraction of sp³-hybridized carbons (Fsp3) is 0.500. The third kappa shape index (κ3) is 6.99. The summed E-state index contributed by atoms with van der Waals surface area (Å²) in [7, 11) is -16.8. The molecule has 0 spiro atoms. The molecule has 0 radical (unpaired) electrons. The van der Waals surface area contributed by atoms with Gasteiger partial charge in [0.2, 0.25) is 5.95 Å². The average molecular weight is 545 g/mol. The van der Waals surface area contributed by atoms with E-state index in [1.165, 1.54) is 0 Å². The van der Waals surface area contributed by atoms with E-state index in [-0.39, 0.29) is 46.7 Å². The second-order valence-corrected chi connectivity index (χ2v) is 10.6. The summed E-state index contributed by atoms with van der Waals surface area (Å²) in [6.45, 7) is -1.08. The van der Waals surface area contributed by atoms with E-state index in [0.29, 0.717) is 0 Å². The molecule has 6 atom stereocenters. The number of phosphoric acid groups is 3. The van der Waals surface area contributed by atoms with Gasteiger partial charge in [0, 0.05) is 0 Å². The molecule has 0 aliphatic carbocycles. The molecule has 1 fully saturated rings. The van der Waals surface area contributed by atoms with E-state index >= 15 is 0 Å². The Balaban J connectivity index is 0.00000385. The van der Waals surface area contributed by atoms with E-state index < -0.39 is 60.2 Å². The minimum absolute atomic E-state index is 0. The van der Waals surface area contributed by atoms with Gasteiger partial charge in [0.1, 0.15) is 0 Å². The van der Waals surface area contributed by atoms with E-state index in [9.17, 15) is 33.6 Å². The molecule has 19 nitrogen and oxygen atoms in total. The molecule has 23 heteroatoms. The Morgan fingerprint density at radius 2 is 1.85 bits per heavy atom. The number of nitrogen functional groups attached to an aromatic ring is 1. The average Bonchev–Trinajstić information content (AvgIpc) is 3.12. The van der Waals surface area contributed by atoms with Crippen molar-refractivity contribution in [2.75, 3.05) is 12.3 Å². The van der Waals surface area contributed by atoms with Crippen molar-refractivity contribution in [3.05, 3.63) is 16.7 Å². The molecule has 3 rings (SSSR count). The molecule has 2 aromatic heterocycles. The summed E-state index contributed by atoms with van der Waals surface area (Å²) in [6, 6.07) is 0. The number of aromatic nitrogens is 4. The number of fused-ring (bicyclic) bond motifs is 1. The van der Waals surface area contributed by atoms with Crippen LogP contribution in [-0.4, -0.2) is 69.1 Å². The van der Waals surface area contributed by atoms with Crippen LogP contribution < -0.4 is 46.0 Å². The van der Waals surface area contributed by atoms with Crippen molar-refractivity contribution >= 4 is 40.6 Å². The number of aliphatic hydroxyl groups is 1. The molecule has 1 aliphatic heterocycles. The number of rotatable bonds is 8. The van der Waals surface area contributed by atoms with Crippen LogP contribution >= 0.6 is 23.5 Å². The summed E-state index contributed by atoms with van der Waals surface area (Å²) in [6.07, 6.45) is -5.90. The number of aliphatic hydroxyl groups excluding tert-OH is 1. The molecule has 0 bridgehead atoms. The molecule has 3 heterocycles. The summed E-state index contributed by atoms with van der Waals surface area (Å²) in [5.41, 5.74) is 4.42. The van der Waals surface area contributed by atoms with E-state index in [2.05, 4.69) is 28.1 Å². The van der Waals surface area contributed by atoms with Crippen LogP contribution in [-0.2, 0) is 31.6 Å². The van der Waals surface area contributed by atoms with E-state index in [4.69, 9.17) is 25.2 Å². The smallest absolute Gasteiger partial charge is 0.848 e. The zero-order valence-corrected chi connectivity index (χ0v) is 20.9. The third-order valence-electron chi connectivity index (χ3n) is 3.85. The number of hydrogen-bond donors (Lipinski definition) is 7. The van der Waals surface area contributed by atoms with Crippen LogP contribution in [0.4, 0.5) is 5.95 Å². The maximum absolute atomic E-state index is 12.3. The SMILES string of the molecule is Nc1nc2c(ncn2C2O[C@H](COP(=O)(O)OP(=O)(O)OP(=O)(O)O)[C@@H]([O-])[C@H]2O)c(=O)[nH]1.[Na+]. The first-order chi connectivity index (χ1) is 14.6. The summed E-state index contributed by atoms with van der Waals surface area (Å²) in [4.78, 5) is 57.2. The van der Waals surface area contributed by atoms with Crippen molar-refractivity contribution in [2.24, 2.45) is 0 Å². The fourth-order valence-corrected chi connectivity index (χ4v) is 5.71. The molecule has 0 amide bonds. The summed E-state index contributed by atoms with van der Waals surface area (Å²) >= 11 is 0. The van der Waals surface area contributed by atoms with Crippen LogP contribution in [0.3, 0.4) is 0 Å². The summed E-state index contributed by atoms with van der Waals surface area (Å²) in [5.74, 6) is -0.292. The van der Waals surface area contributed by atoms with Crippen molar-refractivity contribution in [1.82, 2.24) is 19.5 Å². The zero-order chi connectivity index (χ0) is 24.1. The first-order valence-electron chi connectivity index (χ1n) is 8.08. The van der Waals surface area contributed by atoms with Crippen molar-refractivity contribution in [3.8, 4) is 0 Å². The molecule has 0 saturated carbocycles. The molecule has 33 heavy (non-hydrogen) atoms. The Kier molecular flexibility index (Phi) is 8.86. The normalized spacial score (nSPS) is 27.1. The fourth-order valence-electron chi connectivity index (χ4n) is 2.68. The van der Waals surface area contributed by atoms with Crippen molar-refractivity contribution in [2.45, 2.75) is 24.5 Å². The largest absolute Gasteiger partial charge is 1.00 e. The number of H-pyrrole nitrogens is 1. The van der Waals surface area contributed by atoms with Crippen LogP contribution in [0.2, 0.25) is 0 Å². The summed E-state index contributed by atoms with van der Waals surface area (Å²) < 4.78 is 51.4. The van der Waals surface area contributed by atoms with Gasteiger partial charge in [-0.15, -0.1) is 0 Å². The van der Waals surface area contributed by atoms with Gasteiger partial charge in [-0.3, -0.25) is 18.9 Å². The van der Waals surface area contributed by atoms with Crippen molar-refractivity contribution in [1.29, 1.82) is 0 Å². The van der Waals surface area contributed by atoms with Crippen LogP contribution in [0.1, 0.15) is 6.23 Å². The van der Waals surface area contributed by atoms with E-state index in [1.807, 2.05) is 0 Å². The van der Waals surface area contributed by atoms with Gasteiger partial charge in [0.15, 0.2) is 17.4 Å². The topological polar surface area (TPSA) is 302 Å². The van der Waals surface area contributed by atoms with E-state index in [0.717, 1.165) is 10.9 Å². The van der Waals surface area contributed by atoms with Gasteiger partial charge >= 0.3 is 53.0 Å². The molecule has 1 saturated heterocycles. The molecule has 3 unspecified atom stereocenters.